The van der Waals surface area contributed by atoms with Crippen LogP contribution in [-0.4, -0.2) is 19.1 Å². The van der Waals surface area contributed by atoms with Crippen molar-refractivity contribution in [1.82, 2.24) is 0 Å². The van der Waals surface area contributed by atoms with Crippen molar-refractivity contribution in [2.45, 2.75) is 67.1 Å². The molecule has 0 amide bonds. The zero-order valence-electron chi connectivity index (χ0n) is 26.6. The number of esters is 1. The van der Waals surface area contributed by atoms with Crippen molar-refractivity contribution in [3.05, 3.63) is 98.9 Å². The molecule has 0 aliphatic carbocycles. The molecule has 3 aromatic carbocycles. The lowest BCUT2D eigenvalue weighted by Crippen LogP contribution is -3.11. The number of halogens is 3. The summed E-state index contributed by atoms with van der Waals surface area (Å²) in [5, 5.41) is -0.0980. The molecule has 0 bridgehead atoms. The van der Waals surface area contributed by atoms with E-state index in [0.717, 1.165) is 28.9 Å². The van der Waals surface area contributed by atoms with Gasteiger partial charge >= 0.3 is 12.1 Å². The Hall–Kier alpha value is -4.11. The number of nitrogens with one attached hydrogen (secondary N) is 1. The molecule has 0 saturated carbocycles. The average molecular weight is 625 g/mol. The van der Waals surface area contributed by atoms with Crippen LogP contribution in [0.1, 0.15) is 73.8 Å². The van der Waals surface area contributed by atoms with Gasteiger partial charge in [-0.05, 0) is 55.3 Å². The molecule has 1 aromatic heterocycles. The highest BCUT2D eigenvalue weighted by Gasteiger charge is 2.41. The van der Waals surface area contributed by atoms with Crippen LogP contribution in [0.5, 0.6) is 17.2 Å². The molecule has 0 fully saturated rings. The second-order valence-electron chi connectivity index (χ2n) is 12.4. The first-order chi connectivity index (χ1) is 21.3. The topological polar surface area (TPSA) is 70.2 Å². The highest BCUT2D eigenvalue weighted by atomic mass is 19.4. The molecule has 0 saturated heterocycles. The molecule has 0 radical (unpaired) electrons. The van der Waals surface area contributed by atoms with E-state index < -0.39 is 29.1 Å². The normalized spacial score (nSPS) is 12.0. The SMILES string of the molecule is CCCc1ccc(Oc2c(C(F)(F)F)oc3c(C[NH+](CC(C)C)CC(C)C)c(OC(=O)c4ccc(C)cc4)ccc3c2=O)cc1. The number of alkyl halides is 3. The fraction of sp³-hybridized carbons (Fsp3) is 0.389. The largest absolute Gasteiger partial charge is 0.453 e. The maximum absolute atomic E-state index is 14.5. The number of fused-ring (bicyclic) bond motifs is 1. The molecule has 45 heavy (non-hydrogen) atoms. The molecule has 0 spiro atoms. The second-order valence-corrected chi connectivity index (χ2v) is 12.4. The summed E-state index contributed by atoms with van der Waals surface area (Å²) in [6.45, 7) is 13.7. The fourth-order valence-corrected chi connectivity index (χ4v) is 5.43. The molecule has 1 N–H and O–H groups in total. The number of benzene rings is 3. The first-order valence-electron chi connectivity index (χ1n) is 15.4. The molecule has 1 heterocycles. The van der Waals surface area contributed by atoms with Crippen molar-refractivity contribution in [3.63, 3.8) is 0 Å². The third kappa shape index (κ3) is 8.54. The first-order valence-corrected chi connectivity index (χ1v) is 15.4. The Kier molecular flexibility index (Phi) is 10.8. The molecule has 0 unspecified atom stereocenters. The van der Waals surface area contributed by atoms with Crippen molar-refractivity contribution in [3.8, 4) is 17.2 Å². The molecule has 0 atom stereocenters. The standard InChI is InChI=1S/C36H40F3NO5/c1-7-8-25-11-15-27(16-12-25)43-33-31(41)28-17-18-30(44-35(42)26-13-9-24(6)10-14-26)29(32(28)45-34(33)36(37,38)39)21-40(19-22(2)3)20-23(4)5/h9-18,22-23H,7-8,19-21H2,1-6H3/p+1. The molecular formula is C36H41F3NO5+. The fourth-order valence-electron chi connectivity index (χ4n) is 5.43. The van der Waals surface area contributed by atoms with Gasteiger partial charge in [-0.25, -0.2) is 4.79 Å². The minimum Gasteiger partial charge on any atom is -0.449 e. The van der Waals surface area contributed by atoms with E-state index in [2.05, 4.69) is 27.7 Å². The van der Waals surface area contributed by atoms with Gasteiger partial charge in [-0.2, -0.15) is 13.2 Å². The van der Waals surface area contributed by atoms with Crippen LogP contribution in [0.15, 0.2) is 69.9 Å². The van der Waals surface area contributed by atoms with Gasteiger partial charge in [0.05, 0.1) is 29.6 Å². The van der Waals surface area contributed by atoms with Crippen LogP contribution in [0.4, 0.5) is 13.2 Å². The lowest BCUT2D eigenvalue weighted by Gasteiger charge is -2.24. The predicted molar refractivity (Wildman–Crippen MR) is 168 cm³/mol. The number of carbonyl (C=O) groups excluding carboxylic acids is 1. The third-order valence-corrected chi connectivity index (χ3v) is 7.33. The van der Waals surface area contributed by atoms with E-state index in [1.165, 1.54) is 24.3 Å². The first kappa shape index (κ1) is 33.8. The Morgan fingerprint density at radius 3 is 2.09 bits per heavy atom. The van der Waals surface area contributed by atoms with Gasteiger partial charge in [0.2, 0.25) is 11.2 Å². The number of hydrogen-bond donors (Lipinski definition) is 1. The van der Waals surface area contributed by atoms with Crippen LogP contribution in [0.3, 0.4) is 0 Å². The van der Waals surface area contributed by atoms with E-state index in [4.69, 9.17) is 13.9 Å². The van der Waals surface area contributed by atoms with Gasteiger partial charge in [0.15, 0.2) is 5.58 Å². The van der Waals surface area contributed by atoms with Crippen LogP contribution in [-0.2, 0) is 19.1 Å². The van der Waals surface area contributed by atoms with E-state index in [0.29, 0.717) is 13.1 Å². The second kappa shape index (κ2) is 14.3. The number of ether oxygens (including phenoxy) is 2. The summed E-state index contributed by atoms with van der Waals surface area (Å²) in [6.07, 6.45) is -3.33. The average Bonchev–Trinajstić information content (AvgIpc) is 2.95. The maximum atomic E-state index is 14.5. The number of carbonyl (C=O) groups is 1. The Bertz CT molecular complexity index is 1660. The molecule has 4 rings (SSSR count). The molecule has 4 aromatic rings. The number of aryl methyl sites for hydroxylation is 2. The van der Waals surface area contributed by atoms with Gasteiger partial charge in [0.25, 0.3) is 5.76 Å². The van der Waals surface area contributed by atoms with E-state index in [1.807, 2.05) is 13.8 Å². The summed E-state index contributed by atoms with van der Waals surface area (Å²) < 4.78 is 60.5. The van der Waals surface area contributed by atoms with Crippen molar-refractivity contribution >= 4 is 16.9 Å². The summed E-state index contributed by atoms with van der Waals surface area (Å²) in [5.41, 5.74) is 1.20. The van der Waals surface area contributed by atoms with Gasteiger partial charge in [0, 0.05) is 11.8 Å². The summed E-state index contributed by atoms with van der Waals surface area (Å²) in [4.78, 5) is 27.9. The molecule has 9 heteroatoms. The molecule has 6 nitrogen and oxygen atoms in total. The van der Waals surface area contributed by atoms with Gasteiger partial charge in [-0.1, -0.05) is 70.9 Å². The Morgan fingerprint density at radius 1 is 0.911 bits per heavy atom. The summed E-state index contributed by atoms with van der Waals surface area (Å²) in [5.74, 6) is -2.50. The number of hydrogen-bond acceptors (Lipinski definition) is 5. The lowest BCUT2D eigenvalue weighted by atomic mass is 10.1. The van der Waals surface area contributed by atoms with E-state index in [-0.39, 0.29) is 52.0 Å². The Morgan fingerprint density at radius 2 is 1.53 bits per heavy atom. The van der Waals surface area contributed by atoms with Crippen LogP contribution in [0.2, 0.25) is 0 Å². The highest BCUT2D eigenvalue weighted by Crippen LogP contribution is 2.40. The minimum absolute atomic E-state index is 0.0366. The zero-order chi connectivity index (χ0) is 32.9. The van der Waals surface area contributed by atoms with Gasteiger partial charge < -0.3 is 18.8 Å². The number of quaternary nitrogens is 1. The van der Waals surface area contributed by atoms with E-state index in [1.54, 1.807) is 36.4 Å². The smallest absolute Gasteiger partial charge is 0.449 e. The summed E-state index contributed by atoms with van der Waals surface area (Å²) in [6, 6.07) is 16.1. The van der Waals surface area contributed by atoms with Crippen molar-refractivity contribution in [1.29, 1.82) is 0 Å². The Balaban J connectivity index is 1.89. The van der Waals surface area contributed by atoms with Crippen molar-refractivity contribution in [2.24, 2.45) is 11.8 Å². The van der Waals surface area contributed by atoms with Gasteiger partial charge in [0.1, 0.15) is 18.0 Å². The molecular weight excluding hydrogens is 583 g/mol. The summed E-state index contributed by atoms with van der Waals surface area (Å²) >= 11 is 0. The predicted octanol–water partition coefficient (Wildman–Crippen LogP) is 7.78. The summed E-state index contributed by atoms with van der Waals surface area (Å²) in [7, 11) is 0. The molecule has 0 aliphatic rings. The maximum Gasteiger partial charge on any atom is 0.453 e. The third-order valence-electron chi connectivity index (χ3n) is 7.33. The number of rotatable bonds is 12. The Labute approximate surface area is 261 Å². The van der Waals surface area contributed by atoms with Crippen molar-refractivity contribution < 1.29 is 36.8 Å². The van der Waals surface area contributed by atoms with Crippen LogP contribution >= 0.6 is 0 Å². The van der Waals surface area contributed by atoms with Crippen LogP contribution in [0, 0.1) is 18.8 Å². The molecule has 240 valence electrons. The monoisotopic (exact) mass is 624 g/mol. The van der Waals surface area contributed by atoms with Crippen molar-refractivity contribution in [2.75, 3.05) is 13.1 Å². The highest BCUT2D eigenvalue weighted by molar-refractivity contribution is 5.92. The zero-order valence-corrected chi connectivity index (χ0v) is 26.6. The molecule has 0 aliphatic heterocycles. The quantitative estimate of drug-likeness (QED) is 0.129. The van der Waals surface area contributed by atoms with Crippen LogP contribution < -0.4 is 19.8 Å². The van der Waals surface area contributed by atoms with Gasteiger partial charge in [-0.15, -0.1) is 0 Å². The van der Waals surface area contributed by atoms with E-state index >= 15 is 0 Å². The van der Waals surface area contributed by atoms with Gasteiger partial charge in [-0.3, -0.25) is 4.79 Å². The minimum atomic E-state index is -5.04. The lowest BCUT2D eigenvalue weighted by molar-refractivity contribution is -0.919. The van der Waals surface area contributed by atoms with E-state index in [9.17, 15) is 22.8 Å². The van der Waals surface area contributed by atoms with Crippen LogP contribution in [0.25, 0.3) is 11.0 Å².